The largest absolute Gasteiger partial charge is 0.417 e. The van der Waals surface area contributed by atoms with Crippen LogP contribution in [0.1, 0.15) is 58.8 Å². The molecule has 1 saturated heterocycles. The van der Waals surface area contributed by atoms with Gasteiger partial charge in [0, 0.05) is 26.9 Å². The minimum atomic E-state index is -0.802. The molecule has 1 amide bonds. The molecule has 2 aliphatic carbocycles. The quantitative estimate of drug-likeness (QED) is 0.743. The van der Waals surface area contributed by atoms with Gasteiger partial charge in [0.25, 0.3) is 0 Å². The Morgan fingerprint density at radius 2 is 1.85 bits per heavy atom. The van der Waals surface area contributed by atoms with E-state index in [9.17, 15) is 4.79 Å². The Morgan fingerprint density at radius 3 is 2.45 bits per heavy atom. The molecule has 3 atom stereocenters. The first-order valence-electron chi connectivity index (χ1n) is 8.19. The Morgan fingerprint density at radius 1 is 1.10 bits per heavy atom. The molecule has 2 bridgehead atoms. The Kier molecular flexibility index (Phi) is 3.93. The monoisotopic (exact) mass is 281 g/mol. The number of piperidine rings is 1. The molecule has 4 nitrogen and oxygen atoms in total. The number of fused-ring (bicyclic) bond motifs is 2. The third kappa shape index (κ3) is 3.11. The van der Waals surface area contributed by atoms with Gasteiger partial charge in [-0.05, 0) is 56.8 Å². The highest BCUT2D eigenvalue weighted by molar-refractivity contribution is 5.68. The lowest BCUT2D eigenvalue weighted by atomic mass is 9.97. The molecule has 4 heteroatoms. The minimum Gasteiger partial charge on any atom is -0.417 e. The summed E-state index contributed by atoms with van der Waals surface area (Å²) in [7, 11) is 0. The van der Waals surface area contributed by atoms with E-state index >= 15 is 0 Å². The number of carbonyl (C=O) groups excluding carboxylic acids is 1. The predicted molar refractivity (Wildman–Crippen MR) is 76.3 cm³/mol. The van der Waals surface area contributed by atoms with E-state index in [2.05, 4.69) is 0 Å². The van der Waals surface area contributed by atoms with Crippen LogP contribution in [0.15, 0.2) is 0 Å². The van der Waals surface area contributed by atoms with Crippen molar-refractivity contribution in [1.82, 2.24) is 4.90 Å². The zero-order valence-electron chi connectivity index (χ0n) is 12.8. The molecule has 1 aliphatic heterocycles. The maximum atomic E-state index is 12.2. The van der Waals surface area contributed by atoms with Crippen molar-refractivity contribution in [3.8, 4) is 0 Å². The van der Waals surface area contributed by atoms with Gasteiger partial charge in [-0.15, -0.1) is 0 Å². The number of ether oxygens (including phenoxy) is 2. The fourth-order valence-corrected chi connectivity index (χ4v) is 4.07. The first-order valence-corrected chi connectivity index (χ1v) is 8.19. The third-order valence-electron chi connectivity index (χ3n) is 5.06. The van der Waals surface area contributed by atoms with Gasteiger partial charge in [0.05, 0.1) is 6.10 Å². The van der Waals surface area contributed by atoms with E-state index in [0.29, 0.717) is 5.92 Å². The van der Waals surface area contributed by atoms with Crippen LogP contribution >= 0.6 is 0 Å². The highest BCUT2D eigenvalue weighted by atomic mass is 16.7. The van der Waals surface area contributed by atoms with Crippen LogP contribution in [0.2, 0.25) is 0 Å². The van der Waals surface area contributed by atoms with Gasteiger partial charge in [-0.2, -0.15) is 0 Å². The van der Waals surface area contributed by atoms with Crippen molar-refractivity contribution < 1.29 is 14.3 Å². The van der Waals surface area contributed by atoms with Gasteiger partial charge < -0.3 is 14.4 Å². The summed E-state index contributed by atoms with van der Waals surface area (Å²) in [6.07, 6.45) is 8.57. The summed E-state index contributed by atoms with van der Waals surface area (Å²) in [6.45, 7) is 5.40. The van der Waals surface area contributed by atoms with Crippen molar-refractivity contribution >= 4 is 6.09 Å². The predicted octanol–water partition coefficient (Wildman–Crippen LogP) is 3.55. The van der Waals surface area contributed by atoms with E-state index in [0.717, 1.165) is 38.3 Å². The van der Waals surface area contributed by atoms with Crippen LogP contribution in [0.3, 0.4) is 0 Å². The highest BCUT2D eigenvalue weighted by Gasteiger charge is 2.43. The molecule has 3 fully saturated rings. The van der Waals surface area contributed by atoms with E-state index < -0.39 is 5.79 Å². The Bertz CT molecular complexity index is 363. The third-order valence-corrected chi connectivity index (χ3v) is 5.06. The average molecular weight is 281 g/mol. The summed E-state index contributed by atoms with van der Waals surface area (Å²) < 4.78 is 11.7. The molecule has 0 aromatic heterocycles. The number of carbonyl (C=O) groups is 1. The standard InChI is InChI=1S/C16H27NO3/c1-16(2,19-14-11-12-6-7-13(14)10-12)20-15(18)17-8-4-3-5-9-17/h12-14H,3-11H2,1-2H3. The van der Waals surface area contributed by atoms with E-state index in [4.69, 9.17) is 9.47 Å². The van der Waals surface area contributed by atoms with Crippen LogP contribution in [0.4, 0.5) is 4.79 Å². The van der Waals surface area contributed by atoms with Gasteiger partial charge in [0.1, 0.15) is 0 Å². The SMILES string of the molecule is CC(C)(OC(=O)N1CCCCC1)OC1CC2CCC1C2. The second-order valence-electron chi connectivity index (χ2n) is 7.15. The van der Waals surface area contributed by atoms with Gasteiger partial charge >= 0.3 is 6.09 Å². The van der Waals surface area contributed by atoms with Crippen LogP contribution in [0, 0.1) is 11.8 Å². The van der Waals surface area contributed by atoms with Crippen molar-refractivity contribution in [3.63, 3.8) is 0 Å². The fraction of sp³-hybridized carbons (Fsp3) is 0.938. The lowest BCUT2D eigenvalue weighted by Gasteiger charge is -2.35. The van der Waals surface area contributed by atoms with Crippen molar-refractivity contribution in [3.05, 3.63) is 0 Å². The van der Waals surface area contributed by atoms with E-state index in [1.165, 1.54) is 25.7 Å². The number of amides is 1. The van der Waals surface area contributed by atoms with Crippen LogP contribution in [-0.2, 0) is 9.47 Å². The minimum absolute atomic E-state index is 0.210. The molecule has 0 aromatic carbocycles. The molecule has 0 spiro atoms. The van der Waals surface area contributed by atoms with Gasteiger partial charge in [0.2, 0.25) is 5.79 Å². The molecule has 0 aromatic rings. The maximum absolute atomic E-state index is 12.2. The molecule has 3 aliphatic rings. The first-order chi connectivity index (χ1) is 9.53. The van der Waals surface area contributed by atoms with E-state index in [1.54, 1.807) is 0 Å². The Labute approximate surface area is 121 Å². The molecule has 20 heavy (non-hydrogen) atoms. The highest BCUT2D eigenvalue weighted by Crippen LogP contribution is 2.47. The van der Waals surface area contributed by atoms with Gasteiger partial charge in [-0.1, -0.05) is 0 Å². The van der Waals surface area contributed by atoms with E-state index in [-0.39, 0.29) is 12.2 Å². The first kappa shape index (κ1) is 14.2. The average Bonchev–Trinajstić information content (AvgIpc) is 3.01. The molecule has 3 unspecified atom stereocenters. The maximum Gasteiger partial charge on any atom is 0.412 e. The molecule has 0 radical (unpaired) electrons. The van der Waals surface area contributed by atoms with Crippen molar-refractivity contribution in [2.24, 2.45) is 11.8 Å². The number of hydrogen-bond acceptors (Lipinski definition) is 3. The summed E-state index contributed by atoms with van der Waals surface area (Å²) in [5, 5.41) is 0. The molecule has 114 valence electrons. The van der Waals surface area contributed by atoms with Crippen molar-refractivity contribution in [1.29, 1.82) is 0 Å². The Hall–Kier alpha value is -0.770. The zero-order valence-corrected chi connectivity index (χ0v) is 12.8. The van der Waals surface area contributed by atoms with Crippen molar-refractivity contribution in [2.75, 3.05) is 13.1 Å². The van der Waals surface area contributed by atoms with Gasteiger partial charge in [0.15, 0.2) is 0 Å². The molecule has 3 rings (SSSR count). The second kappa shape index (κ2) is 5.55. The summed E-state index contributed by atoms with van der Waals surface area (Å²) >= 11 is 0. The summed E-state index contributed by atoms with van der Waals surface area (Å²) in [5.41, 5.74) is 0. The topological polar surface area (TPSA) is 38.8 Å². The summed E-state index contributed by atoms with van der Waals surface area (Å²) in [4.78, 5) is 14.0. The lowest BCUT2D eigenvalue weighted by Crippen LogP contribution is -2.43. The van der Waals surface area contributed by atoms with Crippen LogP contribution < -0.4 is 0 Å². The lowest BCUT2D eigenvalue weighted by molar-refractivity contribution is -0.218. The van der Waals surface area contributed by atoms with E-state index in [1.807, 2.05) is 18.7 Å². The molecule has 2 saturated carbocycles. The van der Waals surface area contributed by atoms with Gasteiger partial charge in [-0.3, -0.25) is 0 Å². The molecule has 0 N–H and O–H groups in total. The molecule has 1 heterocycles. The van der Waals surface area contributed by atoms with Crippen LogP contribution in [0.5, 0.6) is 0 Å². The Balaban J connectivity index is 1.51. The second-order valence-corrected chi connectivity index (χ2v) is 7.15. The number of likely N-dealkylation sites (tertiary alicyclic amines) is 1. The normalized spacial score (nSPS) is 33.5. The fourth-order valence-electron chi connectivity index (χ4n) is 4.07. The van der Waals surface area contributed by atoms with Crippen LogP contribution in [0.25, 0.3) is 0 Å². The number of hydrogen-bond donors (Lipinski definition) is 0. The molecular formula is C16H27NO3. The zero-order chi connectivity index (χ0) is 14.2. The molecular weight excluding hydrogens is 254 g/mol. The van der Waals surface area contributed by atoms with Crippen molar-refractivity contribution in [2.45, 2.75) is 70.7 Å². The van der Waals surface area contributed by atoms with Crippen LogP contribution in [-0.4, -0.2) is 36.0 Å². The van der Waals surface area contributed by atoms with Gasteiger partial charge in [-0.25, -0.2) is 4.79 Å². The summed E-state index contributed by atoms with van der Waals surface area (Å²) in [5.74, 6) is 0.732. The summed E-state index contributed by atoms with van der Waals surface area (Å²) in [6, 6.07) is 0. The number of nitrogens with zero attached hydrogens (tertiary/aromatic N) is 1. The smallest absolute Gasteiger partial charge is 0.412 e. The number of rotatable bonds is 3.